The number of aromatic amines is 1. The largest absolute Gasteiger partial charge is 0.436 e. The van der Waals surface area contributed by atoms with Crippen molar-refractivity contribution in [2.75, 3.05) is 0 Å². The van der Waals surface area contributed by atoms with E-state index in [1.807, 2.05) is 24.3 Å². The summed E-state index contributed by atoms with van der Waals surface area (Å²) in [5, 5.41) is 0.107. The van der Waals surface area contributed by atoms with Crippen LogP contribution in [0, 0.1) is 3.57 Å². The number of nitrogens with one attached hydrogen (secondary N) is 1. The number of para-hydroxylation sites is 1. The molecule has 90 valence electrons. The molecule has 0 bridgehead atoms. The van der Waals surface area contributed by atoms with Crippen molar-refractivity contribution in [2.45, 2.75) is 0 Å². The van der Waals surface area contributed by atoms with E-state index < -0.39 is 0 Å². The Bertz CT molecular complexity index is 715. The van der Waals surface area contributed by atoms with Crippen LogP contribution in [0.5, 0.6) is 11.6 Å². The maximum absolute atomic E-state index is 5.83. The van der Waals surface area contributed by atoms with E-state index in [9.17, 15) is 0 Å². The number of halogens is 2. The number of benzene rings is 1. The molecule has 2 heterocycles. The molecule has 0 unspecified atom stereocenters. The second-order valence-corrected chi connectivity index (χ2v) is 4.93. The molecule has 5 nitrogen and oxygen atoms in total. The fourth-order valence-electron chi connectivity index (χ4n) is 1.49. The molecule has 7 heteroatoms. The van der Waals surface area contributed by atoms with Crippen LogP contribution in [0.25, 0.3) is 11.2 Å². The predicted molar refractivity (Wildman–Crippen MR) is 75.9 cm³/mol. The lowest BCUT2D eigenvalue weighted by atomic mass is 10.3. The van der Waals surface area contributed by atoms with Crippen molar-refractivity contribution >= 4 is 45.4 Å². The molecule has 0 amide bonds. The van der Waals surface area contributed by atoms with Gasteiger partial charge in [0.2, 0.25) is 11.2 Å². The van der Waals surface area contributed by atoms with Crippen LogP contribution in [0.2, 0.25) is 5.28 Å². The number of nitrogens with zero attached hydrogens (tertiary/aromatic N) is 3. The minimum Gasteiger partial charge on any atom is -0.436 e. The number of hydrogen-bond donors (Lipinski definition) is 1. The van der Waals surface area contributed by atoms with Crippen molar-refractivity contribution in [3.63, 3.8) is 0 Å². The van der Waals surface area contributed by atoms with Crippen LogP contribution in [0.1, 0.15) is 0 Å². The summed E-state index contributed by atoms with van der Waals surface area (Å²) in [5.74, 6) is 1.08. The summed E-state index contributed by atoms with van der Waals surface area (Å²) in [6.45, 7) is 0. The Hall–Kier alpha value is -1.41. The molecule has 0 saturated carbocycles. The van der Waals surface area contributed by atoms with Gasteiger partial charge in [-0.3, -0.25) is 0 Å². The fourth-order valence-corrected chi connectivity index (χ4v) is 2.14. The lowest BCUT2D eigenvalue weighted by molar-refractivity contribution is 0.464. The normalized spacial score (nSPS) is 10.8. The smallest absolute Gasteiger partial charge is 0.250 e. The number of hydrogen-bond acceptors (Lipinski definition) is 4. The zero-order valence-electron chi connectivity index (χ0n) is 8.89. The van der Waals surface area contributed by atoms with Gasteiger partial charge < -0.3 is 9.72 Å². The summed E-state index contributed by atoms with van der Waals surface area (Å²) < 4.78 is 6.73. The van der Waals surface area contributed by atoms with Crippen LogP contribution >= 0.6 is 34.2 Å². The zero-order valence-corrected chi connectivity index (χ0v) is 11.8. The van der Waals surface area contributed by atoms with Crippen LogP contribution in [-0.2, 0) is 0 Å². The molecule has 0 radical (unpaired) electrons. The lowest BCUT2D eigenvalue weighted by Gasteiger charge is -2.07. The van der Waals surface area contributed by atoms with Crippen LogP contribution < -0.4 is 4.74 Å². The number of H-pyrrole nitrogens is 1. The zero-order chi connectivity index (χ0) is 12.5. The molecule has 0 aliphatic carbocycles. The van der Waals surface area contributed by atoms with Crippen molar-refractivity contribution in [3.05, 3.63) is 39.4 Å². The molecule has 0 saturated heterocycles. The highest BCUT2D eigenvalue weighted by Gasteiger charge is 2.12. The minimum atomic E-state index is 0.107. The summed E-state index contributed by atoms with van der Waals surface area (Å²) in [5.41, 5.74) is 1.11. The van der Waals surface area contributed by atoms with Gasteiger partial charge in [0.15, 0.2) is 5.65 Å². The van der Waals surface area contributed by atoms with Gasteiger partial charge in [-0.05, 0) is 46.3 Å². The first kappa shape index (κ1) is 11.7. The van der Waals surface area contributed by atoms with Crippen LogP contribution in [0.3, 0.4) is 0 Å². The third-order valence-electron chi connectivity index (χ3n) is 2.27. The third-order valence-corrected chi connectivity index (χ3v) is 3.33. The molecule has 2 aromatic heterocycles. The Morgan fingerprint density at radius 3 is 2.89 bits per heavy atom. The summed E-state index contributed by atoms with van der Waals surface area (Å²) >= 11 is 8.02. The highest BCUT2D eigenvalue weighted by molar-refractivity contribution is 14.1. The van der Waals surface area contributed by atoms with E-state index in [0.29, 0.717) is 22.8 Å². The molecule has 18 heavy (non-hydrogen) atoms. The lowest BCUT2D eigenvalue weighted by Crippen LogP contribution is -1.94. The average molecular weight is 373 g/mol. The average Bonchev–Trinajstić information content (AvgIpc) is 2.80. The first-order valence-corrected chi connectivity index (χ1v) is 6.49. The van der Waals surface area contributed by atoms with Crippen molar-refractivity contribution in [1.82, 2.24) is 19.9 Å². The molecule has 1 N–H and O–H groups in total. The fraction of sp³-hybridized carbons (Fsp3) is 0. The van der Waals surface area contributed by atoms with Gasteiger partial charge in [-0.1, -0.05) is 12.1 Å². The van der Waals surface area contributed by atoms with Gasteiger partial charge >= 0.3 is 0 Å². The van der Waals surface area contributed by atoms with Crippen molar-refractivity contribution in [3.8, 4) is 11.6 Å². The summed E-state index contributed by atoms with van der Waals surface area (Å²) in [7, 11) is 0. The Morgan fingerprint density at radius 1 is 1.22 bits per heavy atom. The monoisotopic (exact) mass is 372 g/mol. The van der Waals surface area contributed by atoms with Gasteiger partial charge in [-0.15, -0.1) is 0 Å². The van der Waals surface area contributed by atoms with Crippen LogP contribution in [0.15, 0.2) is 30.6 Å². The highest BCUT2D eigenvalue weighted by Crippen LogP contribution is 2.29. The van der Waals surface area contributed by atoms with E-state index in [1.165, 1.54) is 6.33 Å². The van der Waals surface area contributed by atoms with Gasteiger partial charge in [0.25, 0.3) is 0 Å². The molecular weight excluding hydrogens is 367 g/mol. The quantitative estimate of drug-likeness (QED) is 0.553. The Kier molecular flexibility index (Phi) is 3.04. The molecule has 0 spiro atoms. The number of ether oxygens (including phenoxy) is 1. The third kappa shape index (κ3) is 2.13. The van der Waals surface area contributed by atoms with Crippen molar-refractivity contribution in [2.24, 2.45) is 0 Å². The molecular formula is C11H6ClIN4O. The highest BCUT2D eigenvalue weighted by atomic mass is 127. The van der Waals surface area contributed by atoms with Gasteiger partial charge in [-0.2, -0.15) is 9.97 Å². The first-order chi connectivity index (χ1) is 8.74. The SMILES string of the molecule is Clc1nc(Oc2ccccc2I)c2[nH]cnc2n1. The summed E-state index contributed by atoms with van der Waals surface area (Å²) in [6.07, 6.45) is 1.53. The summed E-state index contributed by atoms with van der Waals surface area (Å²) in [4.78, 5) is 15.0. The Balaban J connectivity index is 2.10. The second-order valence-electron chi connectivity index (χ2n) is 3.43. The van der Waals surface area contributed by atoms with Crippen molar-refractivity contribution in [1.29, 1.82) is 0 Å². The molecule has 0 aliphatic heterocycles. The number of aromatic nitrogens is 4. The van der Waals surface area contributed by atoms with Crippen LogP contribution in [0.4, 0.5) is 0 Å². The molecule has 1 aromatic carbocycles. The second kappa shape index (κ2) is 4.69. The standard InChI is InChI=1S/C11H6ClIN4O/c12-11-16-9-8(14-5-15-9)10(17-11)18-7-4-2-1-3-6(7)13/h1-5H,(H,14,15,16,17). The minimum absolute atomic E-state index is 0.107. The van der Waals surface area contributed by atoms with E-state index in [-0.39, 0.29) is 5.28 Å². The predicted octanol–water partition coefficient (Wildman–Crippen LogP) is 3.40. The molecule has 0 atom stereocenters. The Morgan fingerprint density at radius 2 is 2.06 bits per heavy atom. The number of imidazole rings is 1. The number of rotatable bonds is 2. The van der Waals surface area contributed by atoms with Crippen LogP contribution in [-0.4, -0.2) is 19.9 Å². The van der Waals surface area contributed by atoms with Gasteiger partial charge in [0.05, 0.1) is 9.90 Å². The van der Waals surface area contributed by atoms with E-state index in [0.717, 1.165) is 3.57 Å². The molecule has 3 aromatic rings. The maximum Gasteiger partial charge on any atom is 0.250 e. The van der Waals surface area contributed by atoms with Gasteiger partial charge in [-0.25, -0.2) is 4.98 Å². The molecule has 0 fully saturated rings. The van der Waals surface area contributed by atoms with Crippen molar-refractivity contribution < 1.29 is 4.74 Å². The van der Waals surface area contributed by atoms with E-state index in [1.54, 1.807) is 0 Å². The summed E-state index contributed by atoms with van der Waals surface area (Å²) in [6, 6.07) is 7.64. The first-order valence-electron chi connectivity index (χ1n) is 5.03. The molecule has 0 aliphatic rings. The maximum atomic E-state index is 5.83. The van der Waals surface area contributed by atoms with E-state index in [2.05, 4.69) is 42.5 Å². The Labute approximate surface area is 121 Å². The van der Waals surface area contributed by atoms with Gasteiger partial charge in [0.1, 0.15) is 11.3 Å². The van der Waals surface area contributed by atoms with E-state index >= 15 is 0 Å². The van der Waals surface area contributed by atoms with E-state index in [4.69, 9.17) is 16.3 Å². The topological polar surface area (TPSA) is 63.7 Å². The molecule has 3 rings (SSSR count). The van der Waals surface area contributed by atoms with Gasteiger partial charge in [0, 0.05) is 0 Å². The number of fused-ring (bicyclic) bond motifs is 1.